The molecule has 2 aromatic carbocycles. The smallest absolute Gasteiger partial charge is 0.238 e. The molecule has 0 bridgehead atoms. The molecule has 2 amide bonds. The molecule has 0 spiro atoms. The average molecular weight is 372 g/mol. The maximum Gasteiger partial charge on any atom is 0.238 e. The molecule has 0 saturated carbocycles. The first-order valence-corrected chi connectivity index (χ1v) is 8.46. The van der Waals surface area contributed by atoms with Crippen LogP contribution < -0.4 is 4.90 Å². The van der Waals surface area contributed by atoms with E-state index in [4.69, 9.17) is 0 Å². The lowest BCUT2D eigenvalue weighted by molar-refractivity contribution is -0.122. The normalized spacial score (nSPS) is 19.3. The van der Waals surface area contributed by atoms with Gasteiger partial charge in [-0.15, -0.1) is 0 Å². The maximum atomic E-state index is 12.9. The Balaban J connectivity index is 1.91. The van der Waals surface area contributed by atoms with Crippen LogP contribution in [0.15, 0.2) is 53.0 Å². The summed E-state index contributed by atoms with van der Waals surface area (Å²) in [4.78, 5) is 26.6. The minimum atomic E-state index is -0.307. The largest absolute Gasteiger partial charge is 0.274 e. The number of halogens is 1. The number of imide groups is 1. The fraction of sp³-hybridized carbons (Fsp3) is 0.263. The van der Waals surface area contributed by atoms with Gasteiger partial charge in [0, 0.05) is 10.9 Å². The molecule has 1 saturated heterocycles. The zero-order valence-corrected chi connectivity index (χ0v) is 14.7. The Morgan fingerprint density at radius 3 is 2.48 bits per heavy atom. The molecule has 0 N–H and O–H groups in total. The van der Waals surface area contributed by atoms with E-state index >= 15 is 0 Å². The van der Waals surface area contributed by atoms with E-state index in [1.807, 2.05) is 62.4 Å². The Bertz CT molecular complexity index is 757. The SMILES string of the molecule is Cc1ccc(N2C(=O)C[C@H]([C@H](C)c3ccccc3)C2=O)c(Br)c1. The molecule has 3 rings (SSSR count). The van der Waals surface area contributed by atoms with Crippen molar-refractivity contribution < 1.29 is 9.59 Å². The third-order valence-electron chi connectivity index (χ3n) is 4.45. The Hall–Kier alpha value is -1.94. The van der Waals surface area contributed by atoms with E-state index in [1.165, 1.54) is 4.90 Å². The highest BCUT2D eigenvalue weighted by atomic mass is 79.9. The van der Waals surface area contributed by atoms with Crippen molar-refractivity contribution in [3.63, 3.8) is 0 Å². The molecule has 4 heteroatoms. The zero-order valence-electron chi connectivity index (χ0n) is 13.1. The third kappa shape index (κ3) is 2.95. The number of benzene rings is 2. The number of anilines is 1. The molecule has 0 aromatic heterocycles. The fourth-order valence-corrected chi connectivity index (χ4v) is 3.75. The van der Waals surface area contributed by atoms with Crippen LogP contribution in [0.2, 0.25) is 0 Å². The molecule has 23 heavy (non-hydrogen) atoms. The molecule has 0 aliphatic carbocycles. The number of amides is 2. The zero-order chi connectivity index (χ0) is 16.6. The van der Waals surface area contributed by atoms with E-state index < -0.39 is 0 Å². The first kappa shape index (κ1) is 15.9. The molecule has 1 fully saturated rings. The van der Waals surface area contributed by atoms with Crippen LogP contribution in [0.1, 0.15) is 30.4 Å². The summed E-state index contributed by atoms with van der Waals surface area (Å²) < 4.78 is 0.771. The van der Waals surface area contributed by atoms with Gasteiger partial charge in [0.25, 0.3) is 0 Å². The van der Waals surface area contributed by atoms with E-state index in [0.717, 1.165) is 15.6 Å². The van der Waals surface area contributed by atoms with Crippen LogP contribution in [-0.2, 0) is 9.59 Å². The summed E-state index contributed by atoms with van der Waals surface area (Å²) in [5.74, 6) is -0.539. The Morgan fingerprint density at radius 2 is 1.83 bits per heavy atom. The third-order valence-corrected chi connectivity index (χ3v) is 5.09. The summed E-state index contributed by atoms with van der Waals surface area (Å²) in [5, 5.41) is 0. The molecule has 1 aliphatic heterocycles. The Morgan fingerprint density at radius 1 is 1.13 bits per heavy atom. The predicted molar refractivity (Wildman–Crippen MR) is 94.3 cm³/mol. The van der Waals surface area contributed by atoms with Gasteiger partial charge in [-0.2, -0.15) is 0 Å². The monoisotopic (exact) mass is 371 g/mol. The van der Waals surface area contributed by atoms with Crippen LogP contribution in [0.4, 0.5) is 5.69 Å². The van der Waals surface area contributed by atoms with Gasteiger partial charge in [-0.3, -0.25) is 9.59 Å². The fourth-order valence-electron chi connectivity index (χ4n) is 3.08. The van der Waals surface area contributed by atoms with Gasteiger partial charge in [0.15, 0.2) is 0 Å². The van der Waals surface area contributed by atoms with Crippen molar-refractivity contribution in [3.05, 3.63) is 64.1 Å². The molecule has 3 nitrogen and oxygen atoms in total. The van der Waals surface area contributed by atoms with Gasteiger partial charge in [0.05, 0.1) is 11.6 Å². The van der Waals surface area contributed by atoms with Gasteiger partial charge < -0.3 is 0 Å². The van der Waals surface area contributed by atoms with Crippen molar-refractivity contribution in [1.82, 2.24) is 0 Å². The standard InChI is InChI=1S/C19H18BrNO2/c1-12-8-9-17(16(20)10-12)21-18(22)11-15(19(21)23)13(2)14-6-4-3-5-7-14/h3-10,13,15H,11H2,1-2H3/t13-,15-/m1/s1. The van der Waals surface area contributed by atoms with Gasteiger partial charge in [-0.25, -0.2) is 4.90 Å². The summed E-state index contributed by atoms with van der Waals surface area (Å²) in [6.07, 6.45) is 0.259. The number of carbonyl (C=O) groups is 2. The number of hydrogen-bond acceptors (Lipinski definition) is 2. The molecular formula is C19H18BrNO2. The first-order chi connectivity index (χ1) is 11.0. The number of carbonyl (C=O) groups excluding carboxylic acids is 2. The van der Waals surface area contributed by atoms with Crippen molar-refractivity contribution in [2.75, 3.05) is 4.90 Å². The van der Waals surface area contributed by atoms with Crippen LogP contribution in [0.5, 0.6) is 0 Å². The second kappa shape index (κ2) is 6.28. The highest BCUT2D eigenvalue weighted by molar-refractivity contribution is 9.10. The molecule has 0 radical (unpaired) electrons. The minimum Gasteiger partial charge on any atom is -0.274 e. The second-order valence-corrected chi connectivity index (χ2v) is 6.89. The van der Waals surface area contributed by atoms with Crippen LogP contribution in [0, 0.1) is 12.8 Å². The average Bonchev–Trinajstić information content (AvgIpc) is 2.83. The summed E-state index contributed by atoms with van der Waals surface area (Å²) >= 11 is 3.47. The van der Waals surface area contributed by atoms with Crippen molar-refractivity contribution in [2.45, 2.75) is 26.2 Å². The van der Waals surface area contributed by atoms with Crippen molar-refractivity contribution >= 4 is 33.4 Å². The lowest BCUT2D eigenvalue weighted by Gasteiger charge is -2.20. The van der Waals surface area contributed by atoms with Crippen LogP contribution in [0.25, 0.3) is 0 Å². The number of rotatable bonds is 3. The van der Waals surface area contributed by atoms with E-state index in [0.29, 0.717) is 5.69 Å². The lowest BCUT2D eigenvalue weighted by Crippen LogP contribution is -2.31. The molecule has 2 atom stereocenters. The molecule has 118 valence electrons. The number of hydrogen-bond donors (Lipinski definition) is 0. The lowest BCUT2D eigenvalue weighted by atomic mass is 9.86. The highest BCUT2D eigenvalue weighted by Crippen LogP contribution is 2.38. The molecule has 0 unspecified atom stereocenters. The number of nitrogens with zero attached hydrogens (tertiary/aromatic N) is 1. The Kier molecular flexibility index (Phi) is 4.35. The number of aryl methyl sites for hydroxylation is 1. The van der Waals surface area contributed by atoms with Crippen molar-refractivity contribution in [2.24, 2.45) is 5.92 Å². The van der Waals surface area contributed by atoms with E-state index in [9.17, 15) is 9.59 Å². The maximum absolute atomic E-state index is 12.9. The van der Waals surface area contributed by atoms with Gasteiger partial charge >= 0.3 is 0 Å². The van der Waals surface area contributed by atoms with Gasteiger partial charge in [0.2, 0.25) is 11.8 Å². The Labute approximate surface area is 144 Å². The topological polar surface area (TPSA) is 37.4 Å². The van der Waals surface area contributed by atoms with Crippen LogP contribution >= 0.6 is 15.9 Å². The predicted octanol–water partition coefficient (Wildman–Crippen LogP) is 4.44. The van der Waals surface area contributed by atoms with Gasteiger partial charge in [-0.1, -0.05) is 43.3 Å². The highest BCUT2D eigenvalue weighted by Gasteiger charge is 2.43. The van der Waals surface area contributed by atoms with E-state index in [2.05, 4.69) is 15.9 Å². The molecule has 1 aliphatic rings. The summed E-state index contributed by atoms with van der Waals surface area (Å²) in [6.45, 7) is 3.99. The second-order valence-electron chi connectivity index (χ2n) is 6.03. The quantitative estimate of drug-likeness (QED) is 0.747. The van der Waals surface area contributed by atoms with Crippen molar-refractivity contribution in [3.8, 4) is 0 Å². The summed E-state index contributed by atoms with van der Waals surface area (Å²) in [5.41, 5.74) is 2.80. The summed E-state index contributed by atoms with van der Waals surface area (Å²) in [7, 11) is 0. The van der Waals surface area contributed by atoms with E-state index in [-0.39, 0.29) is 30.1 Å². The summed E-state index contributed by atoms with van der Waals surface area (Å²) in [6, 6.07) is 15.5. The molecule has 2 aromatic rings. The molecular weight excluding hydrogens is 354 g/mol. The van der Waals surface area contributed by atoms with Gasteiger partial charge in [-0.05, 0) is 52.0 Å². The van der Waals surface area contributed by atoms with Gasteiger partial charge in [0.1, 0.15) is 0 Å². The van der Waals surface area contributed by atoms with Crippen molar-refractivity contribution in [1.29, 1.82) is 0 Å². The first-order valence-electron chi connectivity index (χ1n) is 7.67. The minimum absolute atomic E-state index is 0.0156. The molecule has 1 heterocycles. The van der Waals surface area contributed by atoms with Crippen LogP contribution in [0.3, 0.4) is 0 Å². The van der Waals surface area contributed by atoms with E-state index in [1.54, 1.807) is 0 Å². The van der Waals surface area contributed by atoms with Crippen LogP contribution in [-0.4, -0.2) is 11.8 Å².